The minimum absolute atomic E-state index is 0.119. The Bertz CT molecular complexity index is 398. The molecular formula is C15H22O2S. The van der Waals surface area contributed by atoms with Crippen LogP contribution >= 0.6 is 11.3 Å². The lowest BCUT2D eigenvalue weighted by Gasteiger charge is -2.14. The lowest BCUT2D eigenvalue weighted by molar-refractivity contribution is 0.0411. The van der Waals surface area contributed by atoms with Crippen LogP contribution in [0.3, 0.4) is 0 Å². The van der Waals surface area contributed by atoms with Crippen molar-refractivity contribution in [2.75, 3.05) is 6.61 Å². The molecule has 0 saturated carbocycles. The highest BCUT2D eigenvalue weighted by atomic mass is 32.1. The van der Waals surface area contributed by atoms with Gasteiger partial charge in [-0.1, -0.05) is 25.7 Å². The molecule has 0 fully saturated rings. The summed E-state index contributed by atoms with van der Waals surface area (Å²) in [5.41, 5.74) is 1.03. The maximum atomic E-state index is 8.70. The van der Waals surface area contributed by atoms with Crippen molar-refractivity contribution >= 4 is 11.3 Å². The summed E-state index contributed by atoms with van der Waals surface area (Å²) in [5.74, 6) is 6.69. The quantitative estimate of drug-likeness (QED) is 0.799. The van der Waals surface area contributed by atoms with Crippen LogP contribution in [0.5, 0.6) is 0 Å². The Morgan fingerprint density at radius 1 is 1.39 bits per heavy atom. The normalized spacial score (nSPS) is 12.3. The molecule has 1 rings (SSSR count). The predicted molar refractivity (Wildman–Crippen MR) is 76.6 cm³/mol. The zero-order valence-electron chi connectivity index (χ0n) is 11.4. The molecule has 2 nitrogen and oxygen atoms in total. The summed E-state index contributed by atoms with van der Waals surface area (Å²) in [7, 11) is 0. The van der Waals surface area contributed by atoms with Crippen LogP contribution in [0.4, 0.5) is 0 Å². The Morgan fingerprint density at radius 2 is 2.17 bits per heavy atom. The van der Waals surface area contributed by atoms with Gasteiger partial charge in [-0.2, -0.15) is 0 Å². The molecule has 0 aromatic carbocycles. The molecule has 0 spiro atoms. The van der Waals surface area contributed by atoms with Crippen LogP contribution in [0.2, 0.25) is 0 Å². The highest BCUT2D eigenvalue weighted by Crippen LogP contribution is 2.19. The van der Waals surface area contributed by atoms with Crippen LogP contribution in [0.15, 0.2) is 11.4 Å². The first-order valence-electron chi connectivity index (χ1n) is 6.41. The minimum Gasteiger partial charge on any atom is -0.395 e. The summed E-state index contributed by atoms with van der Waals surface area (Å²) in [6.07, 6.45) is 1.89. The molecule has 1 aromatic rings. The smallest absolute Gasteiger partial charge is 0.0825 e. The van der Waals surface area contributed by atoms with Crippen molar-refractivity contribution in [2.45, 2.75) is 46.3 Å². The van der Waals surface area contributed by atoms with Crippen molar-refractivity contribution in [1.82, 2.24) is 0 Å². The number of aliphatic hydroxyl groups is 1. The molecule has 3 heteroatoms. The number of hydrogen-bond donors (Lipinski definition) is 1. The van der Waals surface area contributed by atoms with E-state index in [4.69, 9.17) is 9.84 Å². The van der Waals surface area contributed by atoms with Gasteiger partial charge in [-0.05, 0) is 30.7 Å². The second kappa shape index (κ2) is 8.31. The van der Waals surface area contributed by atoms with Gasteiger partial charge in [-0.25, -0.2) is 0 Å². The van der Waals surface area contributed by atoms with Crippen LogP contribution in [0.1, 0.15) is 44.1 Å². The van der Waals surface area contributed by atoms with Gasteiger partial charge < -0.3 is 9.84 Å². The van der Waals surface area contributed by atoms with Crippen molar-refractivity contribution in [3.05, 3.63) is 21.9 Å². The summed E-state index contributed by atoms with van der Waals surface area (Å²) in [6, 6.07) is 2.01. The minimum atomic E-state index is 0.119. The lowest BCUT2D eigenvalue weighted by Crippen LogP contribution is -2.10. The van der Waals surface area contributed by atoms with Gasteiger partial charge >= 0.3 is 0 Å². The van der Waals surface area contributed by atoms with E-state index >= 15 is 0 Å². The lowest BCUT2D eigenvalue weighted by atomic mass is 10.1. The van der Waals surface area contributed by atoms with Crippen molar-refractivity contribution in [3.63, 3.8) is 0 Å². The number of aliphatic hydroxyl groups excluding tert-OH is 1. The van der Waals surface area contributed by atoms with Gasteiger partial charge in [0, 0.05) is 16.9 Å². The molecule has 1 atom stereocenters. The molecule has 0 aliphatic rings. The summed E-state index contributed by atoms with van der Waals surface area (Å²) >= 11 is 1.68. The summed E-state index contributed by atoms with van der Waals surface area (Å²) in [4.78, 5) is 1.18. The molecule has 0 aliphatic heterocycles. The number of rotatable bonds is 6. The van der Waals surface area contributed by atoms with E-state index in [2.05, 4.69) is 32.6 Å². The first-order valence-corrected chi connectivity index (χ1v) is 7.29. The monoisotopic (exact) mass is 266 g/mol. The van der Waals surface area contributed by atoms with E-state index in [-0.39, 0.29) is 12.7 Å². The van der Waals surface area contributed by atoms with Crippen LogP contribution in [-0.4, -0.2) is 17.8 Å². The second-order valence-electron chi connectivity index (χ2n) is 4.78. The Morgan fingerprint density at radius 3 is 2.83 bits per heavy atom. The third-order valence-corrected chi connectivity index (χ3v) is 3.40. The van der Waals surface area contributed by atoms with Crippen molar-refractivity contribution in [1.29, 1.82) is 0 Å². The molecule has 0 bridgehead atoms. The molecule has 1 aromatic heterocycles. The average Bonchev–Trinajstić information content (AvgIpc) is 2.73. The Labute approximate surface area is 114 Å². The van der Waals surface area contributed by atoms with Crippen LogP contribution in [0.25, 0.3) is 0 Å². The standard InChI is InChI=1S/C15H22O2S/c1-12(2)10-13(3)17-11-15-14(7-9-18-15)6-4-5-8-16/h7,9,12-13,16H,5,8,10-11H2,1-3H3. The van der Waals surface area contributed by atoms with E-state index in [1.165, 1.54) is 4.88 Å². The maximum absolute atomic E-state index is 8.70. The third-order valence-electron chi connectivity index (χ3n) is 2.51. The van der Waals surface area contributed by atoms with E-state index in [1.54, 1.807) is 11.3 Å². The molecule has 0 aliphatic carbocycles. The van der Waals surface area contributed by atoms with Crippen LogP contribution in [0, 0.1) is 17.8 Å². The fourth-order valence-electron chi connectivity index (χ4n) is 1.73. The highest BCUT2D eigenvalue weighted by Gasteiger charge is 2.08. The third kappa shape index (κ3) is 5.68. The van der Waals surface area contributed by atoms with Gasteiger partial charge in [-0.15, -0.1) is 11.3 Å². The van der Waals surface area contributed by atoms with Gasteiger partial charge in [0.05, 0.1) is 19.3 Å². The maximum Gasteiger partial charge on any atom is 0.0825 e. The fraction of sp³-hybridized carbons (Fsp3) is 0.600. The topological polar surface area (TPSA) is 29.5 Å². The summed E-state index contributed by atoms with van der Waals surface area (Å²) < 4.78 is 5.84. The van der Waals surface area contributed by atoms with Crippen molar-refractivity contribution in [3.8, 4) is 11.8 Å². The molecular weight excluding hydrogens is 244 g/mol. The number of hydrogen-bond acceptors (Lipinski definition) is 3. The number of ether oxygens (including phenoxy) is 1. The summed E-state index contributed by atoms with van der Waals surface area (Å²) in [6.45, 7) is 7.28. The van der Waals surface area contributed by atoms with E-state index in [9.17, 15) is 0 Å². The largest absolute Gasteiger partial charge is 0.395 e. The summed E-state index contributed by atoms with van der Waals surface area (Å²) in [5, 5.41) is 10.7. The van der Waals surface area contributed by atoms with Gasteiger partial charge in [0.2, 0.25) is 0 Å². The fourth-order valence-corrected chi connectivity index (χ4v) is 2.48. The Hall–Kier alpha value is -0.820. The predicted octanol–water partition coefficient (Wildman–Crippen LogP) is 3.43. The van der Waals surface area contributed by atoms with Crippen molar-refractivity contribution < 1.29 is 9.84 Å². The highest BCUT2D eigenvalue weighted by molar-refractivity contribution is 7.10. The first kappa shape index (κ1) is 15.2. The van der Waals surface area contributed by atoms with E-state index in [1.807, 2.05) is 11.4 Å². The number of thiophene rings is 1. The van der Waals surface area contributed by atoms with Gasteiger partial charge in [0.25, 0.3) is 0 Å². The zero-order valence-corrected chi connectivity index (χ0v) is 12.2. The first-order chi connectivity index (χ1) is 8.63. The molecule has 0 saturated heterocycles. The van der Waals surface area contributed by atoms with Gasteiger partial charge in [0.1, 0.15) is 0 Å². The molecule has 1 unspecified atom stereocenters. The molecule has 18 heavy (non-hydrogen) atoms. The average molecular weight is 266 g/mol. The van der Waals surface area contributed by atoms with Crippen molar-refractivity contribution in [2.24, 2.45) is 5.92 Å². The SMILES string of the molecule is CC(C)CC(C)OCc1sccc1C#CCCO. The van der Waals surface area contributed by atoms with Crippen LogP contribution in [-0.2, 0) is 11.3 Å². The van der Waals surface area contributed by atoms with Gasteiger partial charge in [0.15, 0.2) is 0 Å². The van der Waals surface area contributed by atoms with E-state index < -0.39 is 0 Å². The van der Waals surface area contributed by atoms with Crippen LogP contribution < -0.4 is 0 Å². The Kier molecular flexibility index (Phi) is 7.04. The molecule has 1 heterocycles. The van der Waals surface area contributed by atoms with Gasteiger partial charge in [-0.3, -0.25) is 0 Å². The zero-order chi connectivity index (χ0) is 13.4. The van der Waals surface area contributed by atoms with E-state index in [0.717, 1.165) is 12.0 Å². The van der Waals surface area contributed by atoms with E-state index in [0.29, 0.717) is 18.9 Å². The Balaban J connectivity index is 2.48. The molecule has 0 radical (unpaired) electrons. The second-order valence-corrected chi connectivity index (χ2v) is 5.78. The molecule has 100 valence electrons. The molecule has 1 N–H and O–H groups in total. The molecule has 0 amide bonds.